The van der Waals surface area contributed by atoms with Crippen LogP contribution < -0.4 is 0 Å². The maximum absolute atomic E-state index is 3.61. The van der Waals surface area contributed by atoms with Crippen molar-refractivity contribution in [2.24, 2.45) is 5.92 Å². The summed E-state index contributed by atoms with van der Waals surface area (Å²) in [6.45, 7) is 4.44. The van der Waals surface area contributed by atoms with E-state index in [9.17, 15) is 0 Å². The van der Waals surface area contributed by atoms with Gasteiger partial charge in [0.25, 0.3) is 0 Å². The van der Waals surface area contributed by atoms with Crippen molar-refractivity contribution in [1.29, 1.82) is 0 Å². The van der Waals surface area contributed by atoms with Crippen LogP contribution in [0.15, 0.2) is 28.7 Å². The quantitative estimate of drug-likeness (QED) is 0.636. The first kappa shape index (κ1) is 15.2. The average molecular weight is 363 g/mol. The molecule has 0 spiro atoms. The summed E-state index contributed by atoms with van der Waals surface area (Å²) in [4.78, 5) is 2.41. The van der Waals surface area contributed by atoms with Crippen LogP contribution in [-0.4, -0.2) is 23.8 Å². The lowest BCUT2D eigenvalue weighted by atomic mass is 10.1. The maximum Gasteiger partial charge on any atom is 0.0230 e. The van der Waals surface area contributed by atoms with E-state index < -0.39 is 0 Å². The normalized spacial score (nSPS) is 13.0. The van der Waals surface area contributed by atoms with Gasteiger partial charge >= 0.3 is 0 Å². The van der Waals surface area contributed by atoms with E-state index >= 15 is 0 Å². The van der Waals surface area contributed by atoms with Gasteiger partial charge in [-0.05, 0) is 37.1 Å². The van der Waals surface area contributed by atoms with E-state index in [0.717, 1.165) is 28.8 Å². The third kappa shape index (κ3) is 6.03. The van der Waals surface area contributed by atoms with Gasteiger partial charge in [0, 0.05) is 22.9 Å². The zero-order valence-corrected chi connectivity index (χ0v) is 13.8. The summed E-state index contributed by atoms with van der Waals surface area (Å²) in [6, 6.07) is 8.58. The Morgan fingerprint density at radius 3 is 2.41 bits per heavy atom. The fourth-order valence-electron chi connectivity index (χ4n) is 2.03. The Morgan fingerprint density at radius 1 is 1.24 bits per heavy atom. The van der Waals surface area contributed by atoms with Crippen molar-refractivity contribution in [3.8, 4) is 0 Å². The van der Waals surface area contributed by atoms with Gasteiger partial charge in [-0.2, -0.15) is 0 Å². The number of hydrogen-bond acceptors (Lipinski definition) is 1. The Bertz CT molecular complexity index is 311. The molecule has 1 atom stereocenters. The van der Waals surface area contributed by atoms with E-state index in [1.54, 1.807) is 0 Å². The first-order valence-corrected chi connectivity index (χ1v) is 8.06. The highest BCUT2D eigenvalue weighted by Gasteiger charge is 2.09. The second kappa shape index (κ2) is 8.28. The molecular formula is C14H21Br2N. The second-order valence-corrected chi connectivity index (χ2v) is 6.20. The van der Waals surface area contributed by atoms with Gasteiger partial charge in [0.2, 0.25) is 0 Å². The molecule has 0 aliphatic carbocycles. The summed E-state index contributed by atoms with van der Waals surface area (Å²) in [5.41, 5.74) is 1.38. The van der Waals surface area contributed by atoms with E-state index in [1.807, 2.05) is 0 Å². The fourth-order valence-corrected chi connectivity index (χ4v) is 2.83. The summed E-state index contributed by atoms with van der Waals surface area (Å²) >= 11 is 7.07. The van der Waals surface area contributed by atoms with E-state index in [0.29, 0.717) is 0 Å². The first-order valence-electron chi connectivity index (χ1n) is 6.14. The molecule has 17 heavy (non-hydrogen) atoms. The summed E-state index contributed by atoms with van der Waals surface area (Å²) in [7, 11) is 2.20. The number of rotatable bonds is 7. The number of halogens is 2. The molecule has 0 aliphatic rings. The van der Waals surface area contributed by atoms with Crippen molar-refractivity contribution in [2.75, 3.05) is 18.9 Å². The standard InChI is InChI=1S/C14H21Br2N/c1-3-4-13(9-15)11-17(2)10-12-5-7-14(16)8-6-12/h5-8,13H,3-4,9-11H2,1-2H3. The van der Waals surface area contributed by atoms with Crippen molar-refractivity contribution in [3.63, 3.8) is 0 Å². The summed E-state index contributed by atoms with van der Waals surface area (Å²) < 4.78 is 1.15. The van der Waals surface area contributed by atoms with Crippen molar-refractivity contribution in [1.82, 2.24) is 4.90 Å². The number of hydrogen-bond donors (Lipinski definition) is 0. The SMILES string of the molecule is CCCC(CBr)CN(C)Cc1ccc(Br)cc1. The molecule has 0 heterocycles. The van der Waals surface area contributed by atoms with Crippen molar-refractivity contribution >= 4 is 31.9 Å². The van der Waals surface area contributed by atoms with Crippen LogP contribution in [0.4, 0.5) is 0 Å². The maximum atomic E-state index is 3.61. The van der Waals surface area contributed by atoms with Crippen LogP contribution in [0.25, 0.3) is 0 Å². The summed E-state index contributed by atoms with van der Waals surface area (Å²) in [5.74, 6) is 0.764. The lowest BCUT2D eigenvalue weighted by molar-refractivity contribution is 0.273. The van der Waals surface area contributed by atoms with Crippen molar-refractivity contribution in [2.45, 2.75) is 26.3 Å². The van der Waals surface area contributed by atoms with E-state index in [2.05, 4.69) is 75.0 Å². The molecule has 1 rings (SSSR count). The lowest BCUT2D eigenvalue weighted by Crippen LogP contribution is -2.26. The molecule has 0 bridgehead atoms. The summed E-state index contributed by atoms with van der Waals surface area (Å²) in [5, 5.41) is 1.10. The second-order valence-electron chi connectivity index (χ2n) is 4.63. The topological polar surface area (TPSA) is 3.24 Å². The molecule has 1 aromatic rings. The first-order chi connectivity index (χ1) is 8.15. The van der Waals surface area contributed by atoms with Crippen LogP contribution in [0.1, 0.15) is 25.3 Å². The van der Waals surface area contributed by atoms with Crippen molar-refractivity contribution in [3.05, 3.63) is 34.3 Å². The van der Waals surface area contributed by atoms with Crippen LogP contribution in [0.5, 0.6) is 0 Å². The largest absolute Gasteiger partial charge is 0.302 e. The predicted octanol–water partition coefficient (Wildman–Crippen LogP) is 4.69. The third-order valence-corrected chi connectivity index (χ3v) is 4.30. The third-order valence-electron chi connectivity index (χ3n) is 2.85. The Kier molecular flexibility index (Phi) is 7.40. The minimum absolute atomic E-state index is 0.764. The van der Waals surface area contributed by atoms with Gasteiger partial charge in [0.15, 0.2) is 0 Å². The smallest absolute Gasteiger partial charge is 0.0230 e. The highest BCUT2D eigenvalue weighted by Crippen LogP contribution is 2.15. The van der Waals surface area contributed by atoms with Gasteiger partial charge in [-0.25, -0.2) is 0 Å². The van der Waals surface area contributed by atoms with E-state index in [-0.39, 0.29) is 0 Å². The zero-order valence-electron chi connectivity index (χ0n) is 10.6. The van der Waals surface area contributed by atoms with Gasteiger partial charge < -0.3 is 4.90 Å². The molecule has 1 nitrogen and oxygen atoms in total. The molecule has 1 unspecified atom stereocenters. The molecule has 3 heteroatoms. The molecule has 0 saturated heterocycles. The monoisotopic (exact) mass is 361 g/mol. The molecule has 0 saturated carbocycles. The van der Waals surface area contributed by atoms with Gasteiger partial charge in [0.1, 0.15) is 0 Å². The zero-order chi connectivity index (χ0) is 12.7. The Balaban J connectivity index is 2.42. The molecule has 0 fully saturated rings. The van der Waals surface area contributed by atoms with Crippen LogP contribution in [0.2, 0.25) is 0 Å². The molecule has 1 aromatic carbocycles. The molecule has 0 aliphatic heterocycles. The molecular weight excluding hydrogens is 342 g/mol. The average Bonchev–Trinajstić information content (AvgIpc) is 2.31. The Labute approximate surface area is 122 Å². The van der Waals surface area contributed by atoms with Gasteiger partial charge in [-0.1, -0.05) is 57.3 Å². The number of nitrogens with zero attached hydrogens (tertiary/aromatic N) is 1. The van der Waals surface area contributed by atoms with Gasteiger partial charge in [0.05, 0.1) is 0 Å². The fraction of sp³-hybridized carbons (Fsp3) is 0.571. The van der Waals surface area contributed by atoms with Gasteiger partial charge in [-0.3, -0.25) is 0 Å². The van der Waals surface area contributed by atoms with E-state index in [4.69, 9.17) is 0 Å². The highest BCUT2D eigenvalue weighted by molar-refractivity contribution is 9.10. The Hall–Kier alpha value is 0.140. The molecule has 0 amide bonds. The molecule has 0 aromatic heterocycles. The van der Waals surface area contributed by atoms with Crippen molar-refractivity contribution < 1.29 is 0 Å². The number of alkyl halides is 1. The van der Waals surface area contributed by atoms with Crippen LogP contribution in [0.3, 0.4) is 0 Å². The number of benzene rings is 1. The lowest BCUT2D eigenvalue weighted by Gasteiger charge is -2.22. The van der Waals surface area contributed by atoms with E-state index in [1.165, 1.54) is 18.4 Å². The predicted molar refractivity (Wildman–Crippen MR) is 82.7 cm³/mol. The Morgan fingerprint density at radius 2 is 1.88 bits per heavy atom. The molecule has 0 N–H and O–H groups in total. The minimum atomic E-state index is 0.764. The molecule has 96 valence electrons. The van der Waals surface area contributed by atoms with Crippen LogP contribution in [-0.2, 0) is 6.54 Å². The summed E-state index contributed by atoms with van der Waals surface area (Å²) in [6.07, 6.45) is 2.57. The van der Waals surface area contributed by atoms with Gasteiger partial charge in [-0.15, -0.1) is 0 Å². The van der Waals surface area contributed by atoms with Crippen LogP contribution >= 0.6 is 31.9 Å². The van der Waals surface area contributed by atoms with Crippen LogP contribution in [0, 0.1) is 5.92 Å². The molecule has 0 radical (unpaired) electrons. The highest BCUT2D eigenvalue weighted by atomic mass is 79.9. The minimum Gasteiger partial charge on any atom is -0.302 e.